The van der Waals surface area contributed by atoms with Gasteiger partial charge in [0.05, 0.1) is 11.6 Å². The topological polar surface area (TPSA) is 73.2 Å². The smallest absolute Gasteiger partial charge is 0.251 e. The number of carbonyl (C=O) groups excluding carboxylic acids is 2. The van der Waals surface area contributed by atoms with Crippen molar-refractivity contribution in [2.75, 3.05) is 13.1 Å². The fourth-order valence-corrected chi connectivity index (χ4v) is 2.67. The Hall–Kier alpha value is -2.35. The number of amides is 2. The van der Waals surface area contributed by atoms with Gasteiger partial charge in [0.15, 0.2) is 0 Å². The highest BCUT2D eigenvalue weighted by Crippen LogP contribution is 2.32. The van der Waals surface area contributed by atoms with Crippen LogP contribution in [0.1, 0.15) is 35.2 Å². The summed E-state index contributed by atoms with van der Waals surface area (Å²) in [5.74, 6) is 0.280. The summed E-state index contributed by atoms with van der Waals surface area (Å²) in [6.45, 7) is 1.32. The molecule has 21 heavy (non-hydrogen) atoms. The van der Waals surface area contributed by atoms with E-state index in [1.165, 1.54) is 0 Å². The van der Waals surface area contributed by atoms with Crippen molar-refractivity contribution in [3.8, 4) is 6.07 Å². The number of benzene rings is 1. The van der Waals surface area contributed by atoms with E-state index < -0.39 is 0 Å². The number of likely N-dealkylation sites (tertiary alicyclic amines) is 1. The number of nitrogens with one attached hydrogen (secondary N) is 1. The molecule has 1 aromatic carbocycles. The number of carbonyl (C=O) groups is 2. The maximum Gasteiger partial charge on any atom is 0.251 e. The Labute approximate surface area is 123 Å². The summed E-state index contributed by atoms with van der Waals surface area (Å²) >= 11 is 0. The molecule has 3 rings (SSSR count). The second kappa shape index (κ2) is 5.57. The van der Waals surface area contributed by atoms with Gasteiger partial charge in [-0.1, -0.05) is 6.07 Å². The Morgan fingerprint density at radius 2 is 2.10 bits per heavy atom. The van der Waals surface area contributed by atoms with Crippen molar-refractivity contribution >= 4 is 11.8 Å². The van der Waals surface area contributed by atoms with Crippen LogP contribution in [0.4, 0.5) is 0 Å². The second-order valence-electron chi connectivity index (χ2n) is 5.71. The first-order valence-electron chi connectivity index (χ1n) is 7.27. The van der Waals surface area contributed by atoms with Gasteiger partial charge in [0.2, 0.25) is 5.91 Å². The van der Waals surface area contributed by atoms with Gasteiger partial charge < -0.3 is 10.2 Å². The quantitative estimate of drug-likeness (QED) is 0.908. The molecular weight excluding hydrogens is 266 g/mol. The van der Waals surface area contributed by atoms with Gasteiger partial charge >= 0.3 is 0 Å². The molecule has 0 bridgehead atoms. The van der Waals surface area contributed by atoms with Crippen molar-refractivity contribution < 1.29 is 9.59 Å². The molecule has 2 amide bonds. The average Bonchev–Trinajstić information content (AvgIpc) is 3.26. The molecule has 1 aromatic rings. The van der Waals surface area contributed by atoms with Crippen LogP contribution in [0.5, 0.6) is 0 Å². The van der Waals surface area contributed by atoms with Gasteiger partial charge in [0.25, 0.3) is 5.91 Å². The number of nitriles is 1. The van der Waals surface area contributed by atoms with Crippen molar-refractivity contribution in [1.82, 2.24) is 10.2 Å². The van der Waals surface area contributed by atoms with Crippen LogP contribution < -0.4 is 5.32 Å². The summed E-state index contributed by atoms with van der Waals surface area (Å²) in [5, 5.41) is 11.8. The minimum absolute atomic E-state index is 0.00550. The van der Waals surface area contributed by atoms with E-state index in [0.29, 0.717) is 17.7 Å². The van der Waals surface area contributed by atoms with Gasteiger partial charge in [0, 0.05) is 30.6 Å². The Bertz CT molecular complexity index is 616. The van der Waals surface area contributed by atoms with Crippen LogP contribution in [0.15, 0.2) is 24.3 Å². The molecule has 0 aromatic heterocycles. The summed E-state index contributed by atoms with van der Waals surface area (Å²) in [6, 6.07) is 8.67. The van der Waals surface area contributed by atoms with Crippen molar-refractivity contribution in [2.45, 2.75) is 25.3 Å². The SMILES string of the molecule is N#Cc1cccc(C(=O)N[C@@H]2CCN(C(=O)C3CC3)C2)c1. The molecule has 108 valence electrons. The molecule has 2 fully saturated rings. The van der Waals surface area contributed by atoms with Crippen LogP contribution in [0.2, 0.25) is 0 Å². The molecule has 1 atom stereocenters. The molecule has 1 heterocycles. The number of hydrogen-bond acceptors (Lipinski definition) is 3. The molecule has 5 heteroatoms. The lowest BCUT2D eigenvalue weighted by atomic mass is 10.1. The maximum absolute atomic E-state index is 12.2. The zero-order valence-electron chi connectivity index (χ0n) is 11.7. The monoisotopic (exact) mass is 283 g/mol. The normalized spacial score (nSPS) is 20.9. The molecule has 1 aliphatic heterocycles. The Balaban J connectivity index is 1.58. The van der Waals surface area contributed by atoms with Gasteiger partial charge in [-0.3, -0.25) is 9.59 Å². The zero-order chi connectivity index (χ0) is 14.8. The molecule has 1 N–H and O–H groups in total. The number of rotatable bonds is 3. The zero-order valence-corrected chi connectivity index (χ0v) is 11.7. The first-order valence-corrected chi connectivity index (χ1v) is 7.27. The van der Waals surface area contributed by atoms with Crippen LogP contribution in [-0.2, 0) is 4.79 Å². The van der Waals surface area contributed by atoms with E-state index in [0.717, 1.165) is 25.8 Å². The molecule has 5 nitrogen and oxygen atoms in total. The molecule has 1 saturated carbocycles. The molecule has 0 spiro atoms. The van der Waals surface area contributed by atoms with Crippen LogP contribution in [0.25, 0.3) is 0 Å². The molecule has 0 unspecified atom stereocenters. The van der Waals surface area contributed by atoms with Gasteiger partial charge in [-0.25, -0.2) is 0 Å². The summed E-state index contributed by atoms with van der Waals surface area (Å²) in [5.41, 5.74) is 0.959. The maximum atomic E-state index is 12.2. The minimum Gasteiger partial charge on any atom is -0.347 e. The lowest BCUT2D eigenvalue weighted by molar-refractivity contribution is -0.131. The predicted octanol–water partition coefficient (Wildman–Crippen LogP) is 1.30. The third-order valence-corrected chi connectivity index (χ3v) is 4.02. The molecule has 1 aliphatic carbocycles. The Morgan fingerprint density at radius 3 is 2.81 bits per heavy atom. The van der Waals surface area contributed by atoms with E-state index in [1.54, 1.807) is 24.3 Å². The van der Waals surface area contributed by atoms with Crippen LogP contribution in [0.3, 0.4) is 0 Å². The minimum atomic E-state index is -0.183. The van der Waals surface area contributed by atoms with Crippen molar-refractivity contribution in [2.24, 2.45) is 5.92 Å². The lowest BCUT2D eigenvalue weighted by Crippen LogP contribution is -2.38. The highest BCUT2D eigenvalue weighted by atomic mass is 16.2. The number of hydrogen-bond donors (Lipinski definition) is 1. The van der Waals surface area contributed by atoms with Crippen LogP contribution in [0, 0.1) is 17.2 Å². The third kappa shape index (κ3) is 3.05. The van der Waals surface area contributed by atoms with E-state index in [9.17, 15) is 9.59 Å². The fraction of sp³-hybridized carbons (Fsp3) is 0.438. The first-order chi connectivity index (χ1) is 10.2. The summed E-state index contributed by atoms with van der Waals surface area (Å²) < 4.78 is 0. The van der Waals surface area contributed by atoms with Gasteiger partial charge in [-0.05, 0) is 37.5 Å². The predicted molar refractivity (Wildman–Crippen MR) is 76.3 cm³/mol. The van der Waals surface area contributed by atoms with E-state index >= 15 is 0 Å². The lowest BCUT2D eigenvalue weighted by Gasteiger charge is -2.17. The summed E-state index contributed by atoms with van der Waals surface area (Å²) in [6.07, 6.45) is 2.81. The van der Waals surface area contributed by atoms with E-state index in [1.807, 2.05) is 11.0 Å². The van der Waals surface area contributed by atoms with Crippen molar-refractivity contribution in [1.29, 1.82) is 5.26 Å². The molecule has 1 saturated heterocycles. The van der Waals surface area contributed by atoms with Gasteiger partial charge in [0.1, 0.15) is 0 Å². The summed E-state index contributed by atoms with van der Waals surface area (Å²) in [7, 11) is 0. The standard InChI is InChI=1S/C16H17N3O2/c17-9-11-2-1-3-13(8-11)15(20)18-14-6-7-19(10-14)16(21)12-4-5-12/h1-3,8,12,14H,4-7,10H2,(H,18,20)/t14-/m1/s1. The molecule has 2 aliphatic rings. The largest absolute Gasteiger partial charge is 0.347 e. The van der Waals surface area contributed by atoms with E-state index in [-0.39, 0.29) is 23.8 Å². The molecular formula is C16H17N3O2. The second-order valence-corrected chi connectivity index (χ2v) is 5.71. The van der Waals surface area contributed by atoms with Crippen LogP contribution in [-0.4, -0.2) is 35.8 Å². The van der Waals surface area contributed by atoms with E-state index in [2.05, 4.69) is 5.32 Å². The van der Waals surface area contributed by atoms with Crippen molar-refractivity contribution in [3.63, 3.8) is 0 Å². The first kappa shape index (κ1) is 13.6. The highest BCUT2D eigenvalue weighted by Gasteiger charge is 2.36. The number of nitrogens with zero attached hydrogens (tertiary/aromatic N) is 2. The van der Waals surface area contributed by atoms with Gasteiger partial charge in [-0.15, -0.1) is 0 Å². The van der Waals surface area contributed by atoms with Crippen molar-refractivity contribution in [3.05, 3.63) is 35.4 Å². The average molecular weight is 283 g/mol. The molecule has 0 radical (unpaired) electrons. The third-order valence-electron chi connectivity index (χ3n) is 4.02. The summed E-state index contributed by atoms with van der Waals surface area (Å²) in [4.78, 5) is 26.0. The van der Waals surface area contributed by atoms with Gasteiger partial charge in [-0.2, -0.15) is 5.26 Å². The fourth-order valence-electron chi connectivity index (χ4n) is 2.67. The van der Waals surface area contributed by atoms with E-state index in [4.69, 9.17) is 5.26 Å². The Morgan fingerprint density at radius 1 is 1.29 bits per heavy atom. The highest BCUT2D eigenvalue weighted by molar-refractivity contribution is 5.94. The van der Waals surface area contributed by atoms with Crippen LogP contribution >= 0.6 is 0 Å². The Kier molecular flexibility index (Phi) is 3.61.